The number of anilines is 1. The van der Waals surface area contributed by atoms with Crippen molar-refractivity contribution in [3.63, 3.8) is 0 Å². The van der Waals surface area contributed by atoms with Crippen molar-refractivity contribution in [2.45, 2.75) is 27.7 Å². The van der Waals surface area contributed by atoms with E-state index in [1.807, 2.05) is 37.3 Å². The van der Waals surface area contributed by atoms with E-state index in [0.29, 0.717) is 5.89 Å². The van der Waals surface area contributed by atoms with Crippen molar-refractivity contribution in [3.05, 3.63) is 47.0 Å². The second kappa shape index (κ2) is 5.30. The number of aromatic nitrogens is 1. The van der Waals surface area contributed by atoms with E-state index in [4.69, 9.17) is 4.42 Å². The predicted octanol–water partition coefficient (Wildman–Crippen LogP) is 4.38. The van der Waals surface area contributed by atoms with Crippen LogP contribution in [-0.2, 0) is 4.79 Å². The highest BCUT2D eigenvalue weighted by Gasteiger charge is 2.11. The summed E-state index contributed by atoms with van der Waals surface area (Å²) < 4.78 is 5.87. The lowest BCUT2D eigenvalue weighted by Crippen LogP contribution is -2.07. The van der Waals surface area contributed by atoms with Gasteiger partial charge in [-0.1, -0.05) is 6.07 Å². The van der Waals surface area contributed by atoms with E-state index >= 15 is 0 Å². The smallest absolute Gasteiger partial charge is 0.227 e. The molecule has 1 amide bonds. The van der Waals surface area contributed by atoms with E-state index in [9.17, 15) is 4.79 Å². The second-order valence-corrected chi connectivity index (χ2v) is 5.63. The molecule has 0 aliphatic carbocycles. The molecule has 0 atom stereocenters. The Kier molecular flexibility index (Phi) is 3.45. The molecule has 0 fully saturated rings. The molecule has 22 heavy (non-hydrogen) atoms. The Bertz CT molecular complexity index is 839. The van der Waals surface area contributed by atoms with Crippen molar-refractivity contribution in [2.24, 2.45) is 0 Å². The lowest BCUT2D eigenvalue weighted by Gasteiger charge is -2.07. The molecule has 3 rings (SSSR count). The summed E-state index contributed by atoms with van der Waals surface area (Å²) in [5, 5.41) is 2.83. The van der Waals surface area contributed by atoms with E-state index in [1.54, 1.807) is 0 Å². The number of oxazole rings is 1. The Morgan fingerprint density at radius 3 is 2.50 bits per heavy atom. The first-order valence-corrected chi connectivity index (χ1v) is 7.20. The van der Waals surface area contributed by atoms with Crippen molar-refractivity contribution in [1.82, 2.24) is 4.98 Å². The molecule has 0 saturated heterocycles. The summed E-state index contributed by atoms with van der Waals surface area (Å²) in [6.07, 6.45) is 0. The number of rotatable bonds is 2. The fraction of sp³-hybridized carbons (Fsp3) is 0.222. The Balaban J connectivity index is 2.09. The monoisotopic (exact) mass is 294 g/mol. The van der Waals surface area contributed by atoms with Gasteiger partial charge >= 0.3 is 0 Å². The standard InChI is InChI=1S/C18H18N2O2/c1-10-5-6-14(9-15(10)19-13(4)21)18-20-16-7-11(2)12(3)8-17(16)22-18/h5-9H,1-4H3,(H,19,21). The molecule has 0 unspecified atom stereocenters. The summed E-state index contributed by atoms with van der Waals surface area (Å²) in [4.78, 5) is 15.8. The van der Waals surface area contributed by atoms with Gasteiger partial charge in [0.1, 0.15) is 5.52 Å². The Morgan fingerprint density at radius 1 is 1.05 bits per heavy atom. The van der Waals surface area contributed by atoms with Crippen LogP contribution in [0.25, 0.3) is 22.6 Å². The topological polar surface area (TPSA) is 55.1 Å². The number of nitrogens with one attached hydrogen (secondary N) is 1. The predicted molar refractivity (Wildman–Crippen MR) is 88.0 cm³/mol. The molecule has 112 valence electrons. The fourth-order valence-electron chi connectivity index (χ4n) is 2.38. The summed E-state index contributed by atoms with van der Waals surface area (Å²) in [6, 6.07) is 9.82. The number of nitrogens with zero attached hydrogens (tertiary/aromatic N) is 1. The van der Waals surface area contributed by atoms with Crippen LogP contribution in [0.15, 0.2) is 34.7 Å². The van der Waals surface area contributed by atoms with Crippen LogP contribution in [0.5, 0.6) is 0 Å². The largest absolute Gasteiger partial charge is 0.436 e. The maximum Gasteiger partial charge on any atom is 0.227 e. The van der Waals surface area contributed by atoms with Crippen LogP contribution in [0.3, 0.4) is 0 Å². The molecule has 0 radical (unpaired) electrons. The molecule has 1 N–H and O–H groups in total. The van der Waals surface area contributed by atoms with Gasteiger partial charge in [-0.2, -0.15) is 0 Å². The van der Waals surface area contributed by atoms with Crippen LogP contribution < -0.4 is 5.32 Å². The highest BCUT2D eigenvalue weighted by molar-refractivity contribution is 5.90. The molecule has 1 heterocycles. The minimum absolute atomic E-state index is 0.0935. The van der Waals surface area contributed by atoms with Gasteiger partial charge in [0.05, 0.1) is 0 Å². The fourth-order valence-corrected chi connectivity index (χ4v) is 2.38. The maximum absolute atomic E-state index is 11.3. The lowest BCUT2D eigenvalue weighted by atomic mass is 10.1. The van der Waals surface area contributed by atoms with Gasteiger partial charge in [-0.3, -0.25) is 4.79 Å². The molecule has 4 heteroatoms. The zero-order valence-electron chi connectivity index (χ0n) is 13.2. The highest BCUT2D eigenvalue weighted by Crippen LogP contribution is 2.29. The van der Waals surface area contributed by atoms with Gasteiger partial charge in [-0.25, -0.2) is 4.98 Å². The Hall–Kier alpha value is -2.62. The van der Waals surface area contributed by atoms with Gasteiger partial charge in [0.25, 0.3) is 0 Å². The summed E-state index contributed by atoms with van der Waals surface area (Å²) in [6.45, 7) is 7.56. The van der Waals surface area contributed by atoms with Gasteiger partial charge in [-0.05, 0) is 61.7 Å². The van der Waals surface area contributed by atoms with Gasteiger partial charge in [-0.15, -0.1) is 0 Å². The molecule has 0 spiro atoms. The summed E-state index contributed by atoms with van der Waals surface area (Å²) >= 11 is 0. The normalized spacial score (nSPS) is 10.9. The average molecular weight is 294 g/mol. The summed E-state index contributed by atoms with van der Waals surface area (Å²) in [5.74, 6) is 0.468. The quantitative estimate of drug-likeness (QED) is 0.763. The van der Waals surface area contributed by atoms with Gasteiger partial charge in [0.2, 0.25) is 11.8 Å². The number of carbonyl (C=O) groups excluding carboxylic acids is 1. The number of hydrogen-bond donors (Lipinski definition) is 1. The number of aryl methyl sites for hydroxylation is 3. The summed E-state index contributed by atoms with van der Waals surface area (Å²) in [5.41, 5.74) is 6.62. The first-order chi connectivity index (χ1) is 10.4. The van der Waals surface area contributed by atoms with E-state index in [0.717, 1.165) is 27.9 Å². The van der Waals surface area contributed by atoms with Crippen molar-refractivity contribution >= 4 is 22.7 Å². The molecular weight excluding hydrogens is 276 g/mol. The van der Waals surface area contributed by atoms with E-state index in [1.165, 1.54) is 18.1 Å². The first-order valence-electron chi connectivity index (χ1n) is 7.20. The van der Waals surface area contributed by atoms with Crippen molar-refractivity contribution in [3.8, 4) is 11.5 Å². The minimum Gasteiger partial charge on any atom is -0.436 e. The zero-order valence-corrected chi connectivity index (χ0v) is 13.2. The third kappa shape index (κ3) is 2.60. The van der Waals surface area contributed by atoms with E-state index < -0.39 is 0 Å². The molecule has 0 aliphatic heterocycles. The van der Waals surface area contributed by atoms with Crippen molar-refractivity contribution < 1.29 is 9.21 Å². The summed E-state index contributed by atoms with van der Waals surface area (Å²) in [7, 11) is 0. The van der Waals surface area contributed by atoms with E-state index in [2.05, 4.69) is 24.1 Å². The van der Waals surface area contributed by atoms with Crippen LogP contribution in [0.4, 0.5) is 5.69 Å². The van der Waals surface area contributed by atoms with Gasteiger partial charge in [0, 0.05) is 18.2 Å². The van der Waals surface area contributed by atoms with Gasteiger partial charge < -0.3 is 9.73 Å². The molecule has 2 aromatic carbocycles. The average Bonchev–Trinajstić information content (AvgIpc) is 2.84. The molecule has 0 aliphatic rings. The lowest BCUT2D eigenvalue weighted by molar-refractivity contribution is -0.114. The third-order valence-electron chi connectivity index (χ3n) is 3.80. The number of amides is 1. The maximum atomic E-state index is 11.3. The Morgan fingerprint density at radius 2 is 1.77 bits per heavy atom. The minimum atomic E-state index is -0.0935. The molecular formula is C18H18N2O2. The molecule has 3 aromatic rings. The van der Waals surface area contributed by atoms with Crippen LogP contribution >= 0.6 is 0 Å². The zero-order chi connectivity index (χ0) is 15.9. The van der Waals surface area contributed by atoms with Crippen LogP contribution in [-0.4, -0.2) is 10.9 Å². The van der Waals surface area contributed by atoms with Crippen molar-refractivity contribution in [1.29, 1.82) is 0 Å². The third-order valence-corrected chi connectivity index (χ3v) is 3.80. The van der Waals surface area contributed by atoms with Crippen molar-refractivity contribution in [2.75, 3.05) is 5.32 Å². The number of carbonyl (C=O) groups is 1. The first kappa shape index (κ1) is 14.3. The molecule has 0 saturated carbocycles. The van der Waals surface area contributed by atoms with Crippen LogP contribution in [0.2, 0.25) is 0 Å². The van der Waals surface area contributed by atoms with Crippen LogP contribution in [0, 0.1) is 20.8 Å². The molecule has 4 nitrogen and oxygen atoms in total. The second-order valence-electron chi connectivity index (χ2n) is 5.63. The SMILES string of the molecule is CC(=O)Nc1cc(-c2nc3cc(C)c(C)cc3o2)ccc1C. The number of hydrogen-bond acceptors (Lipinski definition) is 3. The molecule has 0 bridgehead atoms. The highest BCUT2D eigenvalue weighted by atomic mass is 16.3. The molecule has 1 aromatic heterocycles. The number of benzene rings is 2. The van der Waals surface area contributed by atoms with Gasteiger partial charge in [0.15, 0.2) is 5.58 Å². The van der Waals surface area contributed by atoms with E-state index in [-0.39, 0.29) is 5.91 Å². The Labute approximate surface area is 129 Å². The number of fused-ring (bicyclic) bond motifs is 1. The van der Waals surface area contributed by atoms with Crippen LogP contribution in [0.1, 0.15) is 23.6 Å².